The average Bonchev–Trinajstić information content (AvgIpc) is 2.96. The summed E-state index contributed by atoms with van der Waals surface area (Å²) < 4.78 is 7.74. The molecule has 0 saturated carbocycles. The van der Waals surface area contributed by atoms with E-state index in [0.29, 0.717) is 13.2 Å². The summed E-state index contributed by atoms with van der Waals surface area (Å²) in [5.41, 5.74) is 2.91. The highest BCUT2D eigenvalue weighted by molar-refractivity contribution is 7.99. The first-order chi connectivity index (χ1) is 12.1. The third-order valence-electron chi connectivity index (χ3n) is 3.82. The molecule has 3 aromatic rings. The second-order valence-corrected chi connectivity index (χ2v) is 6.68. The summed E-state index contributed by atoms with van der Waals surface area (Å²) in [6.45, 7) is 2.92. The van der Waals surface area contributed by atoms with Crippen LogP contribution in [0.25, 0.3) is 11.0 Å². The lowest BCUT2D eigenvalue weighted by Gasteiger charge is -2.10. The van der Waals surface area contributed by atoms with Crippen molar-refractivity contribution in [2.24, 2.45) is 0 Å². The summed E-state index contributed by atoms with van der Waals surface area (Å²) in [5.74, 6) is 0.549. The van der Waals surface area contributed by atoms with Crippen LogP contribution in [-0.2, 0) is 11.3 Å². The molecular formula is C19H19N2O3S-. The fourth-order valence-corrected chi connectivity index (χ4v) is 3.44. The second-order valence-electron chi connectivity index (χ2n) is 5.62. The zero-order valence-electron chi connectivity index (χ0n) is 14.0. The topological polar surface area (TPSA) is 67.2 Å². The van der Waals surface area contributed by atoms with Crippen LogP contribution in [0.2, 0.25) is 0 Å². The number of hydrogen-bond acceptors (Lipinski definition) is 5. The van der Waals surface area contributed by atoms with Crippen molar-refractivity contribution in [2.75, 3.05) is 12.4 Å². The number of fused-ring (bicyclic) bond motifs is 1. The highest BCUT2D eigenvalue weighted by Gasteiger charge is 2.11. The SMILES string of the molecule is Cc1ccccc1OCCSc1nc2ccccc2n1CCC(=O)[O-]. The van der Waals surface area contributed by atoms with Gasteiger partial charge < -0.3 is 19.2 Å². The number of nitrogens with zero attached hydrogens (tertiary/aromatic N) is 2. The van der Waals surface area contributed by atoms with Gasteiger partial charge in [0.2, 0.25) is 0 Å². The maximum absolute atomic E-state index is 10.8. The minimum Gasteiger partial charge on any atom is -0.550 e. The molecule has 0 amide bonds. The number of ether oxygens (including phenoxy) is 1. The van der Waals surface area contributed by atoms with Crippen LogP contribution >= 0.6 is 11.8 Å². The molecule has 1 heterocycles. The van der Waals surface area contributed by atoms with Crippen molar-refractivity contribution in [3.63, 3.8) is 0 Å². The van der Waals surface area contributed by atoms with E-state index in [4.69, 9.17) is 4.74 Å². The fraction of sp³-hybridized carbons (Fsp3) is 0.263. The van der Waals surface area contributed by atoms with E-state index in [1.807, 2.05) is 60.0 Å². The Morgan fingerprint density at radius 1 is 1.20 bits per heavy atom. The van der Waals surface area contributed by atoms with Gasteiger partial charge in [0.15, 0.2) is 5.16 Å². The number of thioether (sulfide) groups is 1. The number of imidazole rings is 1. The predicted octanol–water partition coefficient (Wildman–Crippen LogP) is 2.66. The second kappa shape index (κ2) is 8.07. The van der Waals surface area contributed by atoms with Crippen molar-refractivity contribution < 1.29 is 14.6 Å². The minimum atomic E-state index is -1.06. The summed E-state index contributed by atoms with van der Waals surface area (Å²) in [4.78, 5) is 15.4. The van der Waals surface area contributed by atoms with Crippen molar-refractivity contribution in [3.8, 4) is 5.75 Å². The third-order valence-corrected chi connectivity index (χ3v) is 4.77. The van der Waals surface area contributed by atoms with Gasteiger partial charge in [-0.1, -0.05) is 42.1 Å². The Morgan fingerprint density at radius 3 is 2.76 bits per heavy atom. The van der Waals surface area contributed by atoms with E-state index in [1.165, 1.54) is 0 Å². The number of para-hydroxylation sites is 3. The number of carbonyl (C=O) groups excluding carboxylic acids is 1. The number of aliphatic carboxylic acids is 1. The Kier molecular flexibility index (Phi) is 5.60. The lowest BCUT2D eigenvalue weighted by atomic mass is 10.2. The molecule has 0 N–H and O–H groups in total. The van der Waals surface area contributed by atoms with Crippen LogP contribution in [0.5, 0.6) is 5.75 Å². The van der Waals surface area contributed by atoms with Crippen LogP contribution in [-0.4, -0.2) is 27.9 Å². The van der Waals surface area contributed by atoms with Crippen molar-refractivity contribution >= 4 is 28.8 Å². The number of carbonyl (C=O) groups is 1. The first kappa shape index (κ1) is 17.4. The molecule has 0 aliphatic rings. The van der Waals surface area contributed by atoms with E-state index in [9.17, 15) is 9.90 Å². The summed E-state index contributed by atoms with van der Waals surface area (Å²) in [6.07, 6.45) is -0.0341. The van der Waals surface area contributed by atoms with Crippen molar-refractivity contribution in [2.45, 2.75) is 25.0 Å². The van der Waals surface area contributed by atoms with Gasteiger partial charge in [-0.05, 0) is 30.7 Å². The lowest BCUT2D eigenvalue weighted by molar-refractivity contribution is -0.305. The summed E-state index contributed by atoms with van der Waals surface area (Å²) in [5, 5.41) is 11.6. The number of carboxylic acids is 1. The molecule has 130 valence electrons. The van der Waals surface area contributed by atoms with E-state index in [-0.39, 0.29) is 6.42 Å². The molecule has 3 rings (SSSR count). The van der Waals surface area contributed by atoms with Crippen LogP contribution in [0.1, 0.15) is 12.0 Å². The number of aromatic nitrogens is 2. The molecule has 2 aromatic carbocycles. The summed E-state index contributed by atoms with van der Waals surface area (Å²) >= 11 is 1.56. The molecule has 0 bridgehead atoms. The number of benzene rings is 2. The van der Waals surface area contributed by atoms with E-state index in [1.54, 1.807) is 11.8 Å². The Morgan fingerprint density at radius 2 is 1.96 bits per heavy atom. The molecule has 0 fully saturated rings. The van der Waals surface area contributed by atoms with Crippen molar-refractivity contribution in [3.05, 3.63) is 54.1 Å². The Bertz CT molecular complexity index is 876. The molecule has 1 aromatic heterocycles. The van der Waals surface area contributed by atoms with Crippen molar-refractivity contribution in [1.82, 2.24) is 9.55 Å². The first-order valence-corrected chi connectivity index (χ1v) is 9.10. The first-order valence-electron chi connectivity index (χ1n) is 8.11. The number of hydrogen-bond donors (Lipinski definition) is 0. The van der Waals surface area contributed by atoms with E-state index < -0.39 is 5.97 Å². The minimum absolute atomic E-state index is 0.0341. The quantitative estimate of drug-likeness (QED) is 0.459. The van der Waals surface area contributed by atoms with Gasteiger partial charge in [0, 0.05) is 24.7 Å². The van der Waals surface area contributed by atoms with Gasteiger partial charge in [0.05, 0.1) is 17.6 Å². The monoisotopic (exact) mass is 355 g/mol. The molecule has 6 heteroatoms. The molecule has 0 aliphatic carbocycles. The third kappa shape index (κ3) is 4.33. The lowest BCUT2D eigenvalue weighted by Crippen LogP contribution is -2.23. The highest BCUT2D eigenvalue weighted by atomic mass is 32.2. The smallest absolute Gasteiger partial charge is 0.169 e. The van der Waals surface area contributed by atoms with Gasteiger partial charge in [0.1, 0.15) is 5.75 Å². The number of aryl methyl sites for hydroxylation is 2. The van der Waals surface area contributed by atoms with Gasteiger partial charge >= 0.3 is 0 Å². The van der Waals surface area contributed by atoms with E-state index in [2.05, 4.69) is 4.98 Å². The molecule has 0 atom stereocenters. The predicted molar refractivity (Wildman–Crippen MR) is 96.8 cm³/mol. The summed E-state index contributed by atoms with van der Waals surface area (Å²) in [7, 11) is 0. The maximum Gasteiger partial charge on any atom is 0.169 e. The highest BCUT2D eigenvalue weighted by Crippen LogP contribution is 2.25. The fourth-order valence-electron chi connectivity index (χ4n) is 2.59. The molecule has 0 aliphatic heterocycles. The van der Waals surface area contributed by atoms with Gasteiger partial charge in [-0.2, -0.15) is 0 Å². The molecule has 0 saturated heterocycles. The maximum atomic E-state index is 10.8. The summed E-state index contributed by atoms with van der Waals surface area (Å²) in [6, 6.07) is 15.6. The average molecular weight is 355 g/mol. The number of rotatable bonds is 8. The van der Waals surface area contributed by atoms with Crippen LogP contribution in [0.3, 0.4) is 0 Å². The van der Waals surface area contributed by atoms with Crippen molar-refractivity contribution in [1.29, 1.82) is 0 Å². The largest absolute Gasteiger partial charge is 0.550 e. The Balaban J connectivity index is 1.67. The van der Waals surface area contributed by atoms with E-state index >= 15 is 0 Å². The molecular weight excluding hydrogens is 336 g/mol. The zero-order chi connectivity index (χ0) is 17.6. The molecule has 0 unspecified atom stereocenters. The standard InChI is InChI=1S/C19H20N2O3S/c1-14-6-2-5-9-17(14)24-12-13-25-19-20-15-7-3-4-8-16(15)21(19)11-10-18(22)23/h2-9H,10-13H2,1H3,(H,22,23)/p-1. The Labute approximate surface area is 150 Å². The van der Waals surface area contributed by atoms with Crippen LogP contribution in [0, 0.1) is 6.92 Å². The molecule has 0 spiro atoms. The van der Waals surface area contributed by atoms with Gasteiger partial charge in [-0.25, -0.2) is 4.98 Å². The molecule has 0 radical (unpaired) electrons. The van der Waals surface area contributed by atoms with Gasteiger partial charge in [0.25, 0.3) is 0 Å². The van der Waals surface area contributed by atoms with Crippen LogP contribution < -0.4 is 9.84 Å². The van der Waals surface area contributed by atoms with Crippen LogP contribution in [0.4, 0.5) is 0 Å². The molecule has 25 heavy (non-hydrogen) atoms. The van der Waals surface area contributed by atoms with Crippen LogP contribution in [0.15, 0.2) is 53.7 Å². The zero-order valence-corrected chi connectivity index (χ0v) is 14.8. The Hall–Kier alpha value is -2.47. The van der Waals surface area contributed by atoms with Gasteiger partial charge in [-0.15, -0.1) is 0 Å². The van der Waals surface area contributed by atoms with E-state index in [0.717, 1.165) is 33.3 Å². The molecule has 5 nitrogen and oxygen atoms in total. The normalized spacial score (nSPS) is 10.9. The number of carboxylic acid groups (broad SMARTS) is 1. The van der Waals surface area contributed by atoms with Gasteiger partial charge in [-0.3, -0.25) is 0 Å².